The predicted octanol–water partition coefficient (Wildman–Crippen LogP) is 3.23. The topological polar surface area (TPSA) is 13.2 Å². The Morgan fingerprint density at radius 1 is 0.905 bits per heavy atom. The summed E-state index contributed by atoms with van der Waals surface area (Å²) in [5.74, 6) is 1.23. The molecule has 0 unspecified atom stereocenters. The molecule has 0 N–H and O–H groups in total. The van der Waals surface area contributed by atoms with Crippen molar-refractivity contribution < 1.29 is 4.57 Å². The number of hydrogen-bond donors (Lipinski definition) is 0. The Balaban J connectivity index is 2.19. The molecular formula is C18H18N3+. The van der Waals surface area contributed by atoms with E-state index >= 15 is 0 Å². The van der Waals surface area contributed by atoms with Gasteiger partial charge in [-0.15, -0.1) is 0 Å². The van der Waals surface area contributed by atoms with Crippen LogP contribution in [0.15, 0.2) is 54.9 Å². The zero-order valence-electron chi connectivity index (χ0n) is 12.5. The van der Waals surface area contributed by atoms with E-state index in [0.717, 1.165) is 0 Å². The van der Waals surface area contributed by atoms with Crippen LogP contribution in [-0.2, 0) is 14.1 Å². The molecule has 1 aromatic carbocycles. The van der Waals surface area contributed by atoms with Gasteiger partial charge in [0.2, 0.25) is 0 Å². The van der Waals surface area contributed by atoms with Crippen LogP contribution >= 0.6 is 0 Å². The van der Waals surface area contributed by atoms with Crippen molar-refractivity contribution in [1.29, 1.82) is 0 Å². The van der Waals surface area contributed by atoms with Gasteiger partial charge in [0.1, 0.15) is 0 Å². The van der Waals surface area contributed by atoms with Crippen LogP contribution in [0.3, 0.4) is 0 Å². The molecule has 0 saturated carbocycles. The molecule has 0 bridgehead atoms. The summed E-state index contributed by atoms with van der Waals surface area (Å²) in [6.07, 6.45) is 4.22. The summed E-state index contributed by atoms with van der Waals surface area (Å²) in [6.45, 7) is 2.18. The van der Waals surface area contributed by atoms with Gasteiger partial charge >= 0.3 is 0 Å². The smallest absolute Gasteiger partial charge is 0.291 e. The Morgan fingerprint density at radius 3 is 2.48 bits per heavy atom. The predicted molar refractivity (Wildman–Crippen MR) is 85.2 cm³/mol. The van der Waals surface area contributed by atoms with Crippen molar-refractivity contribution >= 4 is 16.6 Å². The highest BCUT2D eigenvalue weighted by Gasteiger charge is 2.24. The summed E-state index contributed by atoms with van der Waals surface area (Å²) >= 11 is 0. The fourth-order valence-electron chi connectivity index (χ4n) is 3.32. The van der Waals surface area contributed by atoms with Crippen LogP contribution < -0.4 is 4.57 Å². The van der Waals surface area contributed by atoms with Crippen LogP contribution in [-0.4, -0.2) is 8.97 Å². The molecule has 0 radical (unpaired) electrons. The van der Waals surface area contributed by atoms with E-state index in [4.69, 9.17) is 0 Å². The lowest BCUT2D eigenvalue weighted by Crippen LogP contribution is -2.30. The van der Waals surface area contributed by atoms with E-state index in [1.165, 1.54) is 33.5 Å². The third-order valence-corrected chi connectivity index (χ3v) is 4.38. The van der Waals surface area contributed by atoms with Crippen molar-refractivity contribution in [1.82, 2.24) is 8.97 Å². The molecule has 0 fully saturated rings. The van der Waals surface area contributed by atoms with Crippen molar-refractivity contribution in [2.45, 2.75) is 6.92 Å². The molecule has 4 rings (SSSR count). The summed E-state index contributed by atoms with van der Waals surface area (Å²) in [5, 5.41) is 0. The van der Waals surface area contributed by atoms with Crippen LogP contribution in [0, 0.1) is 6.92 Å². The molecule has 3 heteroatoms. The van der Waals surface area contributed by atoms with Gasteiger partial charge in [-0.2, -0.15) is 0 Å². The highest BCUT2D eigenvalue weighted by Crippen LogP contribution is 2.28. The Bertz CT molecular complexity index is 934. The summed E-state index contributed by atoms with van der Waals surface area (Å²) in [5.41, 5.74) is 6.34. The average Bonchev–Trinajstić information content (AvgIpc) is 3.06. The summed E-state index contributed by atoms with van der Waals surface area (Å²) in [6, 6.07) is 15.0. The second kappa shape index (κ2) is 4.22. The van der Waals surface area contributed by atoms with Gasteiger partial charge in [-0.1, -0.05) is 12.1 Å². The quantitative estimate of drug-likeness (QED) is 0.474. The summed E-state index contributed by atoms with van der Waals surface area (Å²) < 4.78 is 6.75. The molecule has 0 spiro atoms. The minimum absolute atomic E-state index is 1.23. The van der Waals surface area contributed by atoms with Crippen LogP contribution in [0.4, 0.5) is 0 Å². The number of hydrogen-bond acceptors (Lipinski definition) is 0. The molecule has 104 valence electrons. The first-order valence-electron chi connectivity index (χ1n) is 7.18. The summed E-state index contributed by atoms with van der Waals surface area (Å²) in [7, 11) is 4.28. The van der Waals surface area contributed by atoms with Crippen molar-refractivity contribution in [2.75, 3.05) is 0 Å². The van der Waals surface area contributed by atoms with E-state index in [1.807, 2.05) is 0 Å². The third kappa shape index (κ3) is 1.57. The van der Waals surface area contributed by atoms with Gasteiger partial charge in [-0.05, 0) is 42.8 Å². The molecule has 0 aliphatic heterocycles. The lowest BCUT2D eigenvalue weighted by atomic mass is 10.1. The second-order valence-electron chi connectivity index (χ2n) is 5.60. The van der Waals surface area contributed by atoms with Gasteiger partial charge in [0.25, 0.3) is 5.82 Å². The summed E-state index contributed by atoms with van der Waals surface area (Å²) in [4.78, 5) is 0. The zero-order valence-corrected chi connectivity index (χ0v) is 12.5. The normalized spacial score (nSPS) is 11.6. The van der Waals surface area contributed by atoms with Crippen molar-refractivity contribution in [2.24, 2.45) is 14.1 Å². The molecular weight excluding hydrogens is 258 g/mol. The maximum Gasteiger partial charge on any atom is 0.291 e. The van der Waals surface area contributed by atoms with Gasteiger partial charge in [0.15, 0.2) is 11.0 Å². The van der Waals surface area contributed by atoms with E-state index in [0.29, 0.717) is 0 Å². The largest absolute Gasteiger partial charge is 0.323 e. The van der Waals surface area contributed by atoms with Crippen LogP contribution in [0.1, 0.15) is 5.56 Å². The van der Waals surface area contributed by atoms with E-state index in [9.17, 15) is 0 Å². The number of benzene rings is 1. The van der Waals surface area contributed by atoms with Gasteiger partial charge in [0.05, 0.1) is 25.2 Å². The lowest BCUT2D eigenvalue weighted by molar-refractivity contribution is -0.634. The van der Waals surface area contributed by atoms with Gasteiger partial charge < -0.3 is 4.40 Å². The molecule has 4 aromatic rings. The third-order valence-electron chi connectivity index (χ3n) is 4.38. The molecule has 3 aromatic heterocycles. The number of nitrogens with zero attached hydrogens (tertiary/aromatic N) is 3. The fraction of sp³-hybridized carbons (Fsp3) is 0.167. The van der Waals surface area contributed by atoms with Gasteiger partial charge in [-0.25, -0.2) is 9.13 Å². The number of para-hydroxylation sites is 2. The number of rotatable bonds is 1. The molecule has 3 nitrogen and oxygen atoms in total. The maximum atomic E-state index is 2.28. The van der Waals surface area contributed by atoms with Crippen LogP contribution in [0.5, 0.6) is 0 Å². The van der Waals surface area contributed by atoms with Crippen molar-refractivity contribution in [3.05, 3.63) is 60.4 Å². The second-order valence-corrected chi connectivity index (χ2v) is 5.60. The van der Waals surface area contributed by atoms with Gasteiger partial charge in [0, 0.05) is 12.4 Å². The lowest BCUT2D eigenvalue weighted by Gasteiger charge is -2.06. The SMILES string of the molecule is Cc1ccn2cccc2c1-c1n(C)c2ccccc2[n+]1C. The molecule has 3 heterocycles. The van der Waals surface area contributed by atoms with E-state index in [2.05, 4.69) is 89.4 Å². The van der Waals surface area contributed by atoms with E-state index in [1.54, 1.807) is 0 Å². The molecule has 0 amide bonds. The highest BCUT2D eigenvalue weighted by atomic mass is 15.1. The molecule has 0 atom stereocenters. The standard InChI is InChI=1S/C18H18N3/c1-13-10-12-21-11-6-9-16(21)17(13)18-19(2)14-7-4-5-8-15(14)20(18)3/h4-12H,1-3H3/q+1. The van der Waals surface area contributed by atoms with Crippen molar-refractivity contribution in [3.8, 4) is 11.4 Å². The Hall–Kier alpha value is -2.55. The molecule has 0 aliphatic carbocycles. The zero-order chi connectivity index (χ0) is 14.6. The number of imidazole rings is 1. The maximum absolute atomic E-state index is 2.28. The first kappa shape index (κ1) is 12.2. The van der Waals surface area contributed by atoms with Crippen molar-refractivity contribution in [3.63, 3.8) is 0 Å². The highest BCUT2D eigenvalue weighted by molar-refractivity contribution is 5.83. The monoisotopic (exact) mass is 276 g/mol. The Morgan fingerprint density at radius 2 is 1.67 bits per heavy atom. The number of aryl methyl sites for hydroxylation is 3. The van der Waals surface area contributed by atoms with Crippen LogP contribution in [0.25, 0.3) is 27.9 Å². The number of fused-ring (bicyclic) bond motifs is 2. The first-order valence-corrected chi connectivity index (χ1v) is 7.18. The minimum Gasteiger partial charge on any atom is -0.323 e. The Labute approximate surface area is 123 Å². The molecule has 0 saturated heterocycles. The molecule has 21 heavy (non-hydrogen) atoms. The van der Waals surface area contributed by atoms with E-state index < -0.39 is 0 Å². The fourth-order valence-corrected chi connectivity index (χ4v) is 3.32. The average molecular weight is 276 g/mol. The molecule has 0 aliphatic rings. The van der Waals surface area contributed by atoms with Crippen LogP contribution in [0.2, 0.25) is 0 Å². The number of pyridine rings is 1. The number of aromatic nitrogens is 3. The first-order chi connectivity index (χ1) is 10.2. The Kier molecular flexibility index (Phi) is 2.45. The minimum atomic E-state index is 1.23. The van der Waals surface area contributed by atoms with Gasteiger partial charge in [-0.3, -0.25) is 0 Å². The van der Waals surface area contributed by atoms with E-state index in [-0.39, 0.29) is 0 Å².